The lowest BCUT2D eigenvalue weighted by Crippen LogP contribution is -2.50. The number of nitriles is 1. The number of rotatable bonds is 3. The summed E-state index contributed by atoms with van der Waals surface area (Å²) in [5, 5.41) is 17.6. The van der Waals surface area contributed by atoms with Crippen LogP contribution in [0.4, 0.5) is 5.82 Å². The van der Waals surface area contributed by atoms with E-state index in [1.54, 1.807) is 6.20 Å². The molecule has 3 aromatic heterocycles. The van der Waals surface area contributed by atoms with Gasteiger partial charge in [0.1, 0.15) is 16.8 Å². The molecule has 0 bridgehead atoms. The minimum Gasteiger partial charge on any atom is -0.382 e. The molecule has 4 aromatic rings. The Kier molecular flexibility index (Phi) is 4.37. The molecule has 4 N–H and O–H groups in total. The predicted octanol–water partition coefficient (Wildman–Crippen LogP) is 3.48. The van der Waals surface area contributed by atoms with E-state index in [1.807, 2.05) is 29.2 Å². The Bertz CT molecular complexity index is 1410. The van der Waals surface area contributed by atoms with Gasteiger partial charge in [-0.05, 0) is 50.3 Å². The molecule has 1 aromatic carbocycles. The number of H-pyrrole nitrogens is 2. The van der Waals surface area contributed by atoms with Crippen LogP contribution in [-0.4, -0.2) is 49.0 Å². The van der Waals surface area contributed by atoms with Gasteiger partial charge in [-0.2, -0.15) is 10.4 Å². The van der Waals surface area contributed by atoms with Crippen molar-refractivity contribution in [2.24, 2.45) is 5.41 Å². The van der Waals surface area contributed by atoms with E-state index in [4.69, 9.17) is 10.7 Å². The zero-order valence-electron chi connectivity index (χ0n) is 18.1. The van der Waals surface area contributed by atoms with Crippen LogP contribution >= 0.6 is 0 Å². The quantitative estimate of drug-likeness (QED) is 0.445. The summed E-state index contributed by atoms with van der Waals surface area (Å²) in [6.45, 7) is 1.26. The second kappa shape index (κ2) is 7.30. The highest BCUT2D eigenvalue weighted by atomic mass is 16.2. The highest BCUT2D eigenvalue weighted by Gasteiger charge is 2.47. The van der Waals surface area contributed by atoms with Crippen molar-refractivity contribution < 1.29 is 4.79 Å². The molecule has 1 aliphatic carbocycles. The third kappa shape index (κ3) is 3.05. The van der Waals surface area contributed by atoms with Gasteiger partial charge in [-0.15, -0.1) is 0 Å². The number of aromatic nitrogens is 5. The third-order valence-corrected chi connectivity index (χ3v) is 7.20. The molecular formula is C24H24N8O. The summed E-state index contributed by atoms with van der Waals surface area (Å²) in [6.07, 6.45) is 5.88. The van der Waals surface area contributed by atoms with Crippen molar-refractivity contribution in [3.8, 4) is 17.3 Å². The van der Waals surface area contributed by atoms with E-state index in [0.29, 0.717) is 37.3 Å². The lowest BCUT2D eigenvalue weighted by molar-refractivity contribution is -0.144. The molecule has 1 aliphatic heterocycles. The van der Waals surface area contributed by atoms with Crippen LogP contribution in [0.25, 0.3) is 33.2 Å². The topological polar surface area (TPSA) is 140 Å². The van der Waals surface area contributed by atoms with Crippen LogP contribution < -0.4 is 5.73 Å². The van der Waals surface area contributed by atoms with E-state index in [2.05, 4.69) is 26.2 Å². The van der Waals surface area contributed by atoms with Gasteiger partial charge in [-0.1, -0.05) is 6.07 Å². The van der Waals surface area contributed by atoms with Crippen molar-refractivity contribution >= 4 is 33.7 Å². The minimum atomic E-state index is -0.813. The zero-order chi connectivity index (χ0) is 22.6. The highest BCUT2D eigenvalue weighted by molar-refractivity contribution is 6.07. The minimum absolute atomic E-state index is 0.0189. The number of nitrogen functional groups attached to an aromatic ring is 1. The predicted molar refractivity (Wildman–Crippen MR) is 124 cm³/mol. The number of piperidine rings is 1. The number of nitrogens with one attached hydrogen (secondary N) is 2. The van der Waals surface area contributed by atoms with E-state index >= 15 is 0 Å². The Labute approximate surface area is 190 Å². The lowest BCUT2D eigenvalue weighted by Gasteiger charge is -2.41. The van der Waals surface area contributed by atoms with Crippen molar-refractivity contribution in [2.75, 3.05) is 18.8 Å². The van der Waals surface area contributed by atoms with Gasteiger partial charge in [0.05, 0.1) is 22.8 Å². The Morgan fingerprint density at radius 3 is 2.85 bits per heavy atom. The van der Waals surface area contributed by atoms with E-state index in [1.165, 1.54) is 0 Å². The molecule has 0 radical (unpaired) electrons. The normalized spacial score (nSPS) is 20.0. The van der Waals surface area contributed by atoms with Gasteiger partial charge >= 0.3 is 0 Å². The molecule has 2 aliphatic rings. The van der Waals surface area contributed by atoms with E-state index < -0.39 is 5.41 Å². The molecule has 1 saturated carbocycles. The second-order valence-corrected chi connectivity index (χ2v) is 9.17. The maximum Gasteiger partial charge on any atom is 0.243 e. The summed E-state index contributed by atoms with van der Waals surface area (Å²) in [7, 11) is 0. The molecule has 33 heavy (non-hydrogen) atoms. The summed E-state index contributed by atoms with van der Waals surface area (Å²) in [5.74, 6) is 1.25. The maximum absolute atomic E-state index is 13.1. The smallest absolute Gasteiger partial charge is 0.243 e. The number of imidazole rings is 1. The fourth-order valence-electron chi connectivity index (χ4n) is 5.16. The van der Waals surface area contributed by atoms with Crippen LogP contribution in [0.1, 0.15) is 43.8 Å². The fraction of sp³-hybridized carbons (Fsp3) is 0.375. The molecule has 1 saturated heterocycles. The van der Waals surface area contributed by atoms with Crippen molar-refractivity contribution in [1.82, 2.24) is 30.0 Å². The van der Waals surface area contributed by atoms with Crippen LogP contribution in [0.15, 0.2) is 30.5 Å². The zero-order valence-corrected chi connectivity index (χ0v) is 18.1. The number of likely N-dealkylation sites (tertiary alicyclic amines) is 1. The number of aromatic amines is 2. The molecule has 9 heteroatoms. The Morgan fingerprint density at radius 1 is 1.24 bits per heavy atom. The number of carbonyl (C=O) groups is 1. The fourth-order valence-corrected chi connectivity index (χ4v) is 5.16. The molecule has 6 rings (SSSR count). The number of carbonyl (C=O) groups excluding carboxylic acids is 1. The van der Waals surface area contributed by atoms with Crippen LogP contribution in [0.2, 0.25) is 0 Å². The monoisotopic (exact) mass is 440 g/mol. The summed E-state index contributed by atoms with van der Waals surface area (Å²) >= 11 is 0. The number of anilines is 1. The first-order valence-corrected chi connectivity index (χ1v) is 11.4. The van der Waals surface area contributed by atoms with Gasteiger partial charge < -0.3 is 15.6 Å². The summed E-state index contributed by atoms with van der Waals surface area (Å²) in [6, 6.07) is 10.2. The van der Waals surface area contributed by atoms with Gasteiger partial charge in [0.2, 0.25) is 5.91 Å². The average molecular weight is 441 g/mol. The van der Waals surface area contributed by atoms with Crippen LogP contribution in [0.3, 0.4) is 0 Å². The van der Waals surface area contributed by atoms with E-state index in [9.17, 15) is 10.1 Å². The third-order valence-electron chi connectivity index (χ3n) is 7.20. The van der Waals surface area contributed by atoms with Gasteiger partial charge in [-0.3, -0.25) is 9.89 Å². The lowest BCUT2D eigenvalue weighted by atomic mass is 9.68. The van der Waals surface area contributed by atoms with Crippen LogP contribution in [0, 0.1) is 16.7 Å². The van der Waals surface area contributed by atoms with Crippen LogP contribution in [-0.2, 0) is 4.79 Å². The van der Waals surface area contributed by atoms with Crippen molar-refractivity contribution in [3.05, 3.63) is 36.3 Å². The average Bonchev–Trinajstić information content (AvgIpc) is 3.49. The number of amides is 1. The second-order valence-electron chi connectivity index (χ2n) is 9.17. The maximum atomic E-state index is 13.1. The number of hydrogen-bond donors (Lipinski definition) is 3. The Morgan fingerprint density at radius 2 is 2.12 bits per heavy atom. The summed E-state index contributed by atoms with van der Waals surface area (Å²) in [5.41, 5.74) is 9.57. The number of pyridine rings is 1. The van der Waals surface area contributed by atoms with Crippen molar-refractivity contribution in [1.29, 1.82) is 5.26 Å². The first kappa shape index (κ1) is 19.7. The molecule has 9 nitrogen and oxygen atoms in total. The molecule has 0 unspecified atom stereocenters. The van der Waals surface area contributed by atoms with Crippen molar-refractivity contribution in [3.63, 3.8) is 0 Å². The number of nitrogens with two attached hydrogens (primary N) is 1. The molecule has 166 valence electrons. The number of benzene rings is 1. The molecule has 1 amide bonds. The molecule has 4 heterocycles. The first-order valence-electron chi connectivity index (χ1n) is 11.4. The van der Waals surface area contributed by atoms with Gasteiger partial charge in [0.25, 0.3) is 0 Å². The van der Waals surface area contributed by atoms with E-state index in [-0.39, 0.29) is 11.8 Å². The Balaban J connectivity index is 1.34. The molecule has 0 spiro atoms. The standard InChI is InChI=1S/C24H24N8O/c25-13-24(7-2-8-24)23(33)32-10-1-3-15(12-32)22-29-19-16-5-4-14(17-6-9-27-31-17)11-18(16)28-21(26)20(19)30-22/h4-6,9,11,15H,1-3,7-8,10,12H2,(H2,26,28)(H,27,31)(H,29,30)/t15-/m1/s1. The van der Waals surface area contributed by atoms with E-state index in [0.717, 1.165) is 52.8 Å². The number of hydrogen-bond acceptors (Lipinski definition) is 6. The molecule has 1 atom stereocenters. The van der Waals surface area contributed by atoms with Gasteiger partial charge in [-0.25, -0.2) is 9.97 Å². The Hall–Kier alpha value is -3.93. The number of nitrogens with zero attached hydrogens (tertiary/aromatic N) is 5. The first-order chi connectivity index (χ1) is 16.1. The van der Waals surface area contributed by atoms with Gasteiger partial charge in [0, 0.05) is 36.2 Å². The highest BCUT2D eigenvalue weighted by Crippen LogP contribution is 2.43. The van der Waals surface area contributed by atoms with Gasteiger partial charge in [0.15, 0.2) is 5.82 Å². The summed E-state index contributed by atoms with van der Waals surface area (Å²) < 4.78 is 0. The molecular weight excluding hydrogens is 416 g/mol. The summed E-state index contributed by atoms with van der Waals surface area (Å²) in [4.78, 5) is 27.8. The largest absolute Gasteiger partial charge is 0.382 e. The van der Waals surface area contributed by atoms with Crippen LogP contribution in [0.5, 0.6) is 0 Å². The SMILES string of the molecule is N#CC1(C(=O)N2CCC[C@@H](c3nc4c(N)nc5cc(-c6cc[nH]n6)ccc5c4[nH]3)C2)CCC1. The number of fused-ring (bicyclic) bond motifs is 3. The van der Waals surface area contributed by atoms with Crippen molar-refractivity contribution in [2.45, 2.75) is 38.0 Å². The molecule has 2 fully saturated rings.